The normalized spacial score (nSPS) is 11.7. The molecule has 0 unspecified atom stereocenters. The molecule has 0 aromatic rings. The average molecular weight is 195 g/mol. The molecule has 3 heteroatoms. The van der Waals surface area contributed by atoms with Crippen LogP contribution in [0.15, 0.2) is 10.7 Å². The monoisotopic (exact) mass is 194 g/mol. The van der Waals surface area contributed by atoms with Crippen molar-refractivity contribution in [2.75, 3.05) is 20.8 Å². The van der Waals surface area contributed by atoms with E-state index in [2.05, 4.69) is 15.9 Å². The van der Waals surface area contributed by atoms with Crippen LogP contribution in [-0.2, 0) is 9.47 Å². The predicted octanol–water partition coefficient (Wildman–Crippen LogP) is 1.91. The first-order chi connectivity index (χ1) is 4.31. The second-order valence-corrected chi connectivity index (χ2v) is 2.56. The van der Waals surface area contributed by atoms with E-state index in [0.29, 0.717) is 0 Å². The van der Waals surface area contributed by atoms with Crippen molar-refractivity contribution in [2.45, 2.75) is 6.42 Å². The first-order valence-electron chi connectivity index (χ1n) is 2.67. The van der Waals surface area contributed by atoms with Crippen LogP contribution in [0.3, 0.4) is 0 Å². The number of hydrogen-bond donors (Lipinski definition) is 0. The Balaban J connectivity index is 3.25. The van der Waals surface area contributed by atoms with Crippen molar-refractivity contribution in [3.63, 3.8) is 0 Å². The molecule has 0 aromatic carbocycles. The molecule has 0 aliphatic carbocycles. The lowest BCUT2D eigenvalue weighted by Gasteiger charge is -1.96. The molecule has 9 heavy (non-hydrogen) atoms. The average Bonchev–Trinajstić information content (AvgIpc) is 1.85. The van der Waals surface area contributed by atoms with Gasteiger partial charge in [0.1, 0.15) is 0 Å². The van der Waals surface area contributed by atoms with Gasteiger partial charge in [0.2, 0.25) is 0 Å². The Hall–Kier alpha value is -0.0200. The zero-order valence-corrected chi connectivity index (χ0v) is 7.27. The van der Waals surface area contributed by atoms with Gasteiger partial charge in [-0.05, 0) is 0 Å². The number of halogens is 1. The Kier molecular flexibility index (Phi) is 6.09. The maximum absolute atomic E-state index is 4.83. The summed E-state index contributed by atoms with van der Waals surface area (Å²) in [7, 11) is 3.29. The summed E-state index contributed by atoms with van der Waals surface area (Å²) in [6.45, 7) is 0.723. The highest BCUT2D eigenvalue weighted by Crippen LogP contribution is 2.08. The van der Waals surface area contributed by atoms with Gasteiger partial charge in [-0.3, -0.25) is 0 Å². The Labute approximate surface area is 64.0 Å². The maximum Gasteiger partial charge on any atom is 0.0926 e. The minimum absolute atomic E-state index is 0.723. The van der Waals surface area contributed by atoms with Gasteiger partial charge in [-0.25, -0.2) is 0 Å². The highest BCUT2D eigenvalue weighted by Gasteiger charge is 1.89. The molecular weight excluding hydrogens is 184 g/mol. The molecule has 0 N–H and O–H groups in total. The van der Waals surface area contributed by atoms with Crippen LogP contribution in [0.25, 0.3) is 0 Å². The molecule has 0 rings (SSSR count). The third-order valence-corrected chi connectivity index (χ3v) is 1.37. The van der Waals surface area contributed by atoms with Crippen molar-refractivity contribution in [1.82, 2.24) is 0 Å². The van der Waals surface area contributed by atoms with Gasteiger partial charge in [-0.1, -0.05) is 15.9 Å². The highest BCUT2D eigenvalue weighted by atomic mass is 79.9. The zero-order chi connectivity index (χ0) is 7.11. The minimum Gasteiger partial charge on any atom is -0.504 e. The molecule has 0 saturated carbocycles. The van der Waals surface area contributed by atoms with Crippen LogP contribution in [0.2, 0.25) is 0 Å². The van der Waals surface area contributed by atoms with Gasteiger partial charge >= 0.3 is 0 Å². The predicted molar refractivity (Wildman–Crippen MR) is 40.5 cm³/mol. The SMILES string of the molecule is CO/C=C(\Br)CCOC. The molecule has 2 nitrogen and oxygen atoms in total. The summed E-state index contributed by atoms with van der Waals surface area (Å²) >= 11 is 3.30. The Morgan fingerprint density at radius 2 is 2.22 bits per heavy atom. The zero-order valence-electron chi connectivity index (χ0n) is 5.69. The van der Waals surface area contributed by atoms with E-state index >= 15 is 0 Å². The largest absolute Gasteiger partial charge is 0.504 e. The van der Waals surface area contributed by atoms with Crippen molar-refractivity contribution in [3.05, 3.63) is 10.7 Å². The van der Waals surface area contributed by atoms with Crippen molar-refractivity contribution < 1.29 is 9.47 Å². The first kappa shape index (κ1) is 8.98. The molecule has 0 atom stereocenters. The lowest BCUT2D eigenvalue weighted by atomic mass is 10.4. The molecule has 0 bridgehead atoms. The molecule has 0 radical (unpaired) electrons. The summed E-state index contributed by atoms with van der Waals surface area (Å²) in [6.07, 6.45) is 2.52. The molecule has 0 heterocycles. The van der Waals surface area contributed by atoms with Crippen LogP contribution in [0.1, 0.15) is 6.42 Å². The van der Waals surface area contributed by atoms with Crippen LogP contribution in [0, 0.1) is 0 Å². The summed E-state index contributed by atoms with van der Waals surface area (Å²) in [6, 6.07) is 0. The smallest absolute Gasteiger partial charge is 0.0926 e. The van der Waals surface area contributed by atoms with Crippen molar-refractivity contribution in [1.29, 1.82) is 0 Å². The molecule has 0 aliphatic rings. The summed E-state index contributed by atoms with van der Waals surface area (Å²) in [5, 5.41) is 0. The Morgan fingerprint density at radius 3 is 2.67 bits per heavy atom. The van der Waals surface area contributed by atoms with Crippen LogP contribution < -0.4 is 0 Å². The standard InChI is InChI=1S/C6H11BrO2/c1-8-4-3-6(7)5-9-2/h5H,3-4H2,1-2H3/b6-5-. The highest BCUT2D eigenvalue weighted by molar-refractivity contribution is 9.11. The van der Waals surface area contributed by atoms with Crippen LogP contribution >= 0.6 is 15.9 Å². The number of methoxy groups -OCH3 is 2. The van der Waals surface area contributed by atoms with Gasteiger partial charge in [0.25, 0.3) is 0 Å². The molecule has 0 aliphatic heterocycles. The van der Waals surface area contributed by atoms with Gasteiger partial charge in [0, 0.05) is 18.0 Å². The van der Waals surface area contributed by atoms with Gasteiger partial charge in [0.15, 0.2) is 0 Å². The lowest BCUT2D eigenvalue weighted by Crippen LogP contribution is -1.87. The van der Waals surface area contributed by atoms with E-state index in [4.69, 9.17) is 9.47 Å². The maximum atomic E-state index is 4.83. The molecule has 0 amide bonds. The van der Waals surface area contributed by atoms with E-state index in [1.807, 2.05) is 0 Å². The van der Waals surface area contributed by atoms with E-state index < -0.39 is 0 Å². The third-order valence-electron chi connectivity index (χ3n) is 0.791. The number of ether oxygens (including phenoxy) is 2. The molecule has 54 valence electrons. The van der Waals surface area contributed by atoms with Crippen molar-refractivity contribution in [3.8, 4) is 0 Å². The molecule has 0 spiro atoms. The Morgan fingerprint density at radius 1 is 1.56 bits per heavy atom. The Bertz CT molecular complexity index is 91.1. The molecule has 0 saturated heterocycles. The molecule has 0 aromatic heterocycles. The van der Waals surface area contributed by atoms with Crippen molar-refractivity contribution >= 4 is 15.9 Å². The van der Waals surface area contributed by atoms with Crippen LogP contribution in [0.5, 0.6) is 0 Å². The van der Waals surface area contributed by atoms with Gasteiger partial charge in [0.05, 0.1) is 20.0 Å². The molecular formula is C6H11BrO2. The topological polar surface area (TPSA) is 18.5 Å². The fourth-order valence-corrected chi connectivity index (χ4v) is 0.735. The van der Waals surface area contributed by atoms with Gasteiger partial charge in [-0.15, -0.1) is 0 Å². The quantitative estimate of drug-likeness (QED) is 0.638. The minimum atomic E-state index is 0.723. The summed E-state index contributed by atoms with van der Waals surface area (Å²) < 4.78 is 10.6. The van der Waals surface area contributed by atoms with Crippen LogP contribution in [0.4, 0.5) is 0 Å². The summed E-state index contributed by atoms with van der Waals surface area (Å²) in [5.41, 5.74) is 0. The van der Waals surface area contributed by atoms with Gasteiger partial charge in [-0.2, -0.15) is 0 Å². The van der Waals surface area contributed by atoms with E-state index in [1.54, 1.807) is 20.5 Å². The molecule has 0 fully saturated rings. The third kappa shape index (κ3) is 5.86. The fourth-order valence-electron chi connectivity index (χ4n) is 0.386. The van der Waals surface area contributed by atoms with E-state index in [9.17, 15) is 0 Å². The fraction of sp³-hybridized carbons (Fsp3) is 0.667. The van der Waals surface area contributed by atoms with Crippen LogP contribution in [-0.4, -0.2) is 20.8 Å². The number of rotatable bonds is 4. The van der Waals surface area contributed by atoms with E-state index in [-0.39, 0.29) is 0 Å². The number of hydrogen-bond acceptors (Lipinski definition) is 2. The van der Waals surface area contributed by atoms with E-state index in [1.165, 1.54) is 0 Å². The van der Waals surface area contributed by atoms with E-state index in [0.717, 1.165) is 17.5 Å². The summed E-state index contributed by atoms with van der Waals surface area (Å²) in [5.74, 6) is 0. The second kappa shape index (κ2) is 6.11. The van der Waals surface area contributed by atoms with Crippen molar-refractivity contribution in [2.24, 2.45) is 0 Å². The first-order valence-corrected chi connectivity index (χ1v) is 3.47. The lowest BCUT2D eigenvalue weighted by molar-refractivity contribution is 0.202. The van der Waals surface area contributed by atoms with Gasteiger partial charge < -0.3 is 9.47 Å². The second-order valence-electron chi connectivity index (χ2n) is 1.54. The summed E-state index contributed by atoms with van der Waals surface area (Å²) in [4.78, 5) is 0.